The van der Waals surface area contributed by atoms with Crippen molar-refractivity contribution in [1.82, 2.24) is 4.57 Å². The number of benzene rings is 1. The number of nitrogen functional groups attached to an aromatic ring is 1. The van der Waals surface area contributed by atoms with Gasteiger partial charge in [0.15, 0.2) is 11.6 Å². The molecule has 0 saturated heterocycles. The van der Waals surface area contributed by atoms with Crippen molar-refractivity contribution in [2.45, 2.75) is 20.4 Å². The van der Waals surface area contributed by atoms with Gasteiger partial charge in [-0.1, -0.05) is 0 Å². The third-order valence-electron chi connectivity index (χ3n) is 2.98. The number of ether oxygens (including phenoxy) is 1. The van der Waals surface area contributed by atoms with Crippen molar-refractivity contribution in [2.24, 2.45) is 0 Å². The number of halogens is 1. The Bertz CT molecular complexity index is 652. The molecule has 21 heavy (non-hydrogen) atoms. The van der Waals surface area contributed by atoms with Crippen LogP contribution in [0.1, 0.15) is 24.3 Å². The lowest BCUT2D eigenvalue weighted by molar-refractivity contribution is 0.101. The maximum Gasteiger partial charge on any atom is 0.272 e. The maximum absolute atomic E-state index is 13.7. The fraction of sp³-hybridized carbons (Fsp3) is 0.267. The van der Waals surface area contributed by atoms with E-state index < -0.39 is 5.82 Å². The zero-order valence-electron chi connectivity index (χ0n) is 12.0. The average Bonchev–Trinajstić information content (AvgIpc) is 2.83. The van der Waals surface area contributed by atoms with E-state index in [0.717, 1.165) is 0 Å². The summed E-state index contributed by atoms with van der Waals surface area (Å²) in [6, 6.07) is 5.89. The second kappa shape index (κ2) is 6.30. The summed E-state index contributed by atoms with van der Waals surface area (Å²) in [7, 11) is 0. The van der Waals surface area contributed by atoms with E-state index in [-0.39, 0.29) is 11.7 Å². The second-order valence-corrected chi connectivity index (χ2v) is 4.48. The number of amides is 1. The Morgan fingerprint density at radius 1 is 1.38 bits per heavy atom. The van der Waals surface area contributed by atoms with Gasteiger partial charge in [0.05, 0.1) is 12.3 Å². The van der Waals surface area contributed by atoms with Crippen molar-refractivity contribution in [3.05, 3.63) is 42.0 Å². The third-order valence-corrected chi connectivity index (χ3v) is 2.98. The summed E-state index contributed by atoms with van der Waals surface area (Å²) >= 11 is 0. The van der Waals surface area contributed by atoms with Crippen molar-refractivity contribution < 1.29 is 13.9 Å². The molecule has 1 aromatic carbocycles. The van der Waals surface area contributed by atoms with E-state index in [4.69, 9.17) is 10.5 Å². The molecule has 5 nitrogen and oxygen atoms in total. The Kier molecular flexibility index (Phi) is 4.47. The van der Waals surface area contributed by atoms with Crippen molar-refractivity contribution in [1.29, 1.82) is 0 Å². The molecule has 2 aromatic rings. The number of carbonyl (C=O) groups is 1. The van der Waals surface area contributed by atoms with Gasteiger partial charge in [-0.25, -0.2) is 4.39 Å². The Labute approximate surface area is 122 Å². The number of carbonyl (C=O) groups excluding carboxylic acids is 1. The minimum absolute atomic E-state index is 0.164. The van der Waals surface area contributed by atoms with E-state index in [9.17, 15) is 9.18 Å². The van der Waals surface area contributed by atoms with Crippen molar-refractivity contribution in [3.8, 4) is 5.75 Å². The van der Waals surface area contributed by atoms with Crippen LogP contribution in [0.3, 0.4) is 0 Å². The normalized spacial score (nSPS) is 10.4. The third kappa shape index (κ3) is 3.34. The summed E-state index contributed by atoms with van der Waals surface area (Å²) in [6.45, 7) is 4.69. The molecule has 1 amide bonds. The van der Waals surface area contributed by atoms with Crippen LogP contribution < -0.4 is 15.8 Å². The van der Waals surface area contributed by atoms with Gasteiger partial charge in [-0.05, 0) is 32.0 Å². The summed E-state index contributed by atoms with van der Waals surface area (Å²) in [5, 5.41) is 2.65. The number of nitrogens with two attached hydrogens (primary N) is 1. The molecule has 0 aliphatic carbocycles. The monoisotopic (exact) mass is 291 g/mol. The van der Waals surface area contributed by atoms with Crippen molar-refractivity contribution in [3.63, 3.8) is 0 Å². The van der Waals surface area contributed by atoms with E-state index in [1.54, 1.807) is 29.8 Å². The van der Waals surface area contributed by atoms with Crippen LogP contribution in [0.5, 0.6) is 5.75 Å². The van der Waals surface area contributed by atoms with E-state index in [2.05, 4.69) is 5.32 Å². The van der Waals surface area contributed by atoms with E-state index >= 15 is 0 Å². The fourth-order valence-electron chi connectivity index (χ4n) is 2.03. The predicted molar refractivity (Wildman–Crippen MR) is 80.0 cm³/mol. The first kappa shape index (κ1) is 14.9. The molecule has 0 aliphatic rings. The quantitative estimate of drug-likeness (QED) is 0.890. The molecule has 1 heterocycles. The number of nitrogens with zero attached hydrogens (tertiary/aromatic N) is 1. The van der Waals surface area contributed by atoms with Gasteiger partial charge in [0.25, 0.3) is 5.91 Å². The molecule has 0 fully saturated rings. The van der Waals surface area contributed by atoms with Gasteiger partial charge in [-0.2, -0.15) is 0 Å². The minimum Gasteiger partial charge on any atom is -0.491 e. The number of aryl methyl sites for hydroxylation is 1. The molecular weight excluding hydrogens is 273 g/mol. The fourth-order valence-corrected chi connectivity index (χ4v) is 2.03. The molecule has 1 aromatic heterocycles. The highest BCUT2D eigenvalue weighted by Crippen LogP contribution is 2.22. The van der Waals surface area contributed by atoms with E-state index in [1.165, 1.54) is 12.1 Å². The van der Waals surface area contributed by atoms with Gasteiger partial charge in [0.2, 0.25) is 0 Å². The lowest BCUT2D eigenvalue weighted by atomic mass is 10.2. The molecule has 3 N–H and O–H groups in total. The summed E-state index contributed by atoms with van der Waals surface area (Å²) in [4.78, 5) is 12.2. The highest BCUT2D eigenvalue weighted by atomic mass is 19.1. The van der Waals surface area contributed by atoms with Crippen LogP contribution in [0.25, 0.3) is 0 Å². The molecule has 0 saturated carbocycles. The van der Waals surface area contributed by atoms with Crippen molar-refractivity contribution in [2.75, 3.05) is 17.7 Å². The zero-order chi connectivity index (χ0) is 15.4. The summed E-state index contributed by atoms with van der Waals surface area (Å²) in [5.74, 6) is -0.686. The molecule has 0 bridgehead atoms. The molecule has 0 atom stereocenters. The number of nitrogens with one attached hydrogen (secondary N) is 1. The topological polar surface area (TPSA) is 69.3 Å². The number of rotatable bonds is 5. The Morgan fingerprint density at radius 3 is 2.76 bits per heavy atom. The van der Waals surface area contributed by atoms with Crippen LogP contribution in [0.15, 0.2) is 30.5 Å². The summed E-state index contributed by atoms with van der Waals surface area (Å²) in [6.07, 6.45) is 1.69. The summed E-state index contributed by atoms with van der Waals surface area (Å²) < 4.78 is 20.6. The first-order valence-corrected chi connectivity index (χ1v) is 6.74. The van der Waals surface area contributed by atoms with Gasteiger partial charge < -0.3 is 20.4 Å². The minimum atomic E-state index is -0.514. The lowest BCUT2D eigenvalue weighted by Crippen LogP contribution is -2.16. The molecule has 6 heteroatoms. The second-order valence-electron chi connectivity index (χ2n) is 4.48. The number of hydrogen-bond acceptors (Lipinski definition) is 3. The van der Waals surface area contributed by atoms with Crippen LogP contribution in [-0.2, 0) is 6.54 Å². The van der Waals surface area contributed by atoms with Crippen LogP contribution in [0, 0.1) is 5.82 Å². The standard InChI is InChI=1S/C15H18FN3O2/c1-3-19-9-10(17)7-13(19)15(20)18-11-5-6-14(21-4-2)12(16)8-11/h5-9H,3-4,17H2,1-2H3,(H,18,20). The van der Waals surface area contributed by atoms with Gasteiger partial charge >= 0.3 is 0 Å². The number of aromatic nitrogens is 1. The summed E-state index contributed by atoms with van der Waals surface area (Å²) in [5.41, 5.74) is 7.00. The van der Waals surface area contributed by atoms with E-state index in [1.807, 2.05) is 6.92 Å². The zero-order valence-corrected chi connectivity index (χ0v) is 12.0. The predicted octanol–water partition coefficient (Wildman–Crippen LogP) is 2.88. The maximum atomic E-state index is 13.7. The first-order valence-electron chi connectivity index (χ1n) is 6.74. The van der Waals surface area contributed by atoms with E-state index in [0.29, 0.717) is 30.2 Å². The van der Waals surface area contributed by atoms with Crippen LogP contribution in [-0.4, -0.2) is 17.1 Å². The van der Waals surface area contributed by atoms with Crippen LogP contribution in [0.2, 0.25) is 0 Å². The van der Waals surface area contributed by atoms with Gasteiger partial charge in [-0.3, -0.25) is 4.79 Å². The highest BCUT2D eigenvalue weighted by molar-refractivity contribution is 6.03. The SMILES string of the molecule is CCOc1ccc(NC(=O)c2cc(N)cn2CC)cc1F. The molecule has 2 rings (SSSR count). The Morgan fingerprint density at radius 2 is 2.14 bits per heavy atom. The Balaban J connectivity index is 2.17. The van der Waals surface area contributed by atoms with Gasteiger partial charge in [-0.15, -0.1) is 0 Å². The molecular formula is C15H18FN3O2. The Hall–Kier alpha value is -2.50. The van der Waals surface area contributed by atoms with Gasteiger partial charge in [0, 0.05) is 24.5 Å². The highest BCUT2D eigenvalue weighted by Gasteiger charge is 2.13. The number of anilines is 2. The number of hydrogen-bond donors (Lipinski definition) is 2. The first-order chi connectivity index (χ1) is 10.0. The van der Waals surface area contributed by atoms with Crippen molar-refractivity contribution >= 4 is 17.3 Å². The molecule has 112 valence electrons. The molecule has 0 aliphatic heterocycles. The lowest BCUT2D eigenvalue weighted by Gasteiger charge is -2.09. The van der Waals surface area contributed by atoms with Crippen LogP contribution in [0.4, 0.5) is 15.8 Å². The molecule has 0 spiro atoms. The van der Waals surface area contributed by atoms with Gasteiger partial charge in [0.1, 0.15) is 5.69 Å². The van der Waals surface area contributed by atoms with Crippen LogP contribution >= 0.6 is 0 Å². The average molecular weight is 291 g/mol. The molecule has 0 radical (unpaired) electrons. The molecule has 0 unspecified atom stereocenters. The largest absolute Gasteiger partial charge is 0.491 e. The smallest absolute Gasteiger partial charge is 0.272 e.